The summed E-state index contributed by atoms with van der Waals surface area (Å²) >= 11 is 12.1. The minimum atomic E-state index is -0.613. The van der Waals surface area contributed by atoms with Crippen molar-refractivity contribution in [3.63, 3.8) is 0 Å². The van der Waals surface area contributed by atoms with Gasteiger partial charge < -0.3 is 14.6 Å². The van der Waals surface area contributed by atoms with Gasteiger partial charge in [0, 0.05) is 29.6 Å². The van der Waals surface area contributed by atoms with E-state index in [-0.39, 0.29) is 17.6 Å². The fourth-order valence-corrected chi connectivity index (χ4v) is 4.18. The Morgan fingerprint density at radius 2 is 1.87 bits per heavy atom. The third kappa shape index (κ3) is 4.37. The van der Waals surface area contributed by atoms with Crippen LogP contribution in [0.25, 0.3) is 0 Å². The molecular weight excluding hydrogens is 423 g/mol. The third-order valence-electron chi connectivity index (χ3n) is 5.25. The molecule has 2 aromatic carbocycles. The summed E-state index contributed by atoms with van der Waals surface area (Å²) in [6.45, 7) is 0.762. The van der Waals surface area contributed by atoms with Gasteiger partial charge in [-0.1, -0.05) is 53.5 Å². The standard InChI is InChI=1S/C23H20Cl2N2O3/c24-18-8-7-15(19(25)13-18)9-10-26-22(28)20-12-16-4-1-2-5-17(16)14-27(20)23(29)21-6-3-11-30-21/h1-8,11,13,20H,9-10,12,14H2,(H,26,28). The Morgan fingerprint density at radius 3 is 2.60 bits per heavy atom. The zero-order valence-corrected chi connectivity index (χ0v) is 17.6. The summed E-state index contributed by atoms with van der Waals surface area (Å²) in [6.07, 6.45) is 2.48. The maximum Gasteiger partial charge on any atom is 0.290 e. The molecule has 0 bridgehead atoms. The Kier molecular flexibility index (Phi) is 6.11. The summed E-state index contributed by atoms with van der Waals surface area (Å²) in [5, 5.41) is 4.09. The van der Waals surface area contributed by atoms with Crippen LogP contribution in [0.2, 0.25) is 10.0 Å². The van der Waals surface area contributed by atoms with Gasteiger partial charge in [-0.3, -0.25) is 9.59 Å². The molecule has 154 valence electrons. The highest BCUT2D eigenvalue weighted by molar-refractivity contribution is 6.35. The number of carbonyl (C=O) groups excluding carboxylic acids is 2. The summed E-state index contributed by atoms with van der Waals surface area (Å²) in [4.78, 5) is 27.6. The van der Waals surface area contributed by atoms with Crippen molar-refractivity contribution in [3.8, 4) is 0 Å². The molecule has 1 unspecified atom stereocenters. The molecule has 30 heavy (non-hydrogen) atoms. The molecule has 0 saturated heterocycles. The lowest BCUT2D eigenvalue weighted by Crippen LogP contribution is -2.52. The molecular formula is C23H20Cl2N2O3. The Balaban J connectivity index is 1.49. The van der Waals surface area contributed by atoms with Gasteiger partial charge in [-0.2, -0.15) is 0 Å². The Bertz CT molecular complexity index is 1070. The lowest BCUT2D eigenvalue weighted by molar-refractivity contribution is -0.126. The number of nitrogens with zero attached hydrogens (tertiary/aromatic N) is 1. The molecule has 1 aromatic heterocycles. The van der Waals surface area contributed by atoms with Gasteiger partial charge in [0.1, 0.15) is 6.04 Å². The highest BCUT2D eigenvalue weighted by Crippen LogP contribution is 2.26. The normalized spacial score (nSPS) is 15.5. The SMILES string of the molecule is O=C(NCCc1ccc(Cl)cc1Cl)C1Cc2ccccc2CN1C(=O)c1ccco1. The van der Waals surface area contributed by atoms with Gasteiger partial charge in [-0.05, 0) is 47.4 Å². The fourth-order valence-electron chi connectivity index (χ4n) is 3.68. The second kappa shape index (κ2) is 8.94. The van der Waals surface area contributed by atoms with E-state index < -0.39 is 6.04 Å². The highest BCUT2D eigenvalue weighted by atomic mass is 35.5. The molecule has 0 aliphatic carbocycles. The van der Waals surface area contributed by atoms with Crippen molar-refractivity contribution in [2.75, 3.05) is 6.54 Å². The number of fused-ring (bicyclic) bond motifs is 1. The van der Waals surface area contributed by atoms with Crippen LogP contribution in [-0.2, 0) is 24.2 Å². The molecule has 4 rings (SSSR count). The molecule has 3 aromatic rings. The van der Waals surface area contributed by atoms with Crippen molar-refractivity contribution in [2.45, 2.75) is 25.4 Å². The fraction of sp³-hybridized carbons (Fsp3) is 0.217. The molecule has 1 N–H and O–H groups in total. The van der Waals surface area contributed by atoms with Crippen molar-refractivity contribution in [1.82, 2.24) is 10.2 Å². The number of carbonyl (C=O) groups is 2. The first-order valence-electron chi connectivity index (χ1n) is 9.66. The van der Waals surface area contributed by atoms with E-state index >= 15 is 0 Å². The van der Waals surface area contributed by atoms with Crippen molar-refractivity contribution in [2.24, 2.45) is 0 Å². The van der Waals surface area contributed by atoms with Crippen molar-refractivity contribution >= 4 is 35.0 Å². The van der Waals surface area contributed by atoms with Crippen LogP contribution in [0.1, 0.15) is 27.2 Å². The van der Waals surface area contributed by atoms with Gasteiger partial charge in [0.15, 0.2) is 5.76 Å². The molecule has 2 amide bonds. The number of hydrogen-bond donors (Lipinski definition) is 1. The van der Waals surface area contributed by atoms with E-state index in [1.807, 2.05) is 30.3 Å². The van der Waals surface area contributed by atoms with Crippen LogP contribution in [0.5, 0.6) is 0 Å². The average molecular weight is 443 g/mol. The first-order chi connectivity index (χ1) is 14.5. The molecule has 7 heteroatoms. The molecule has 2 heterocycles. The average Bonchev–Trinajstić information content (AvgIpc) is 3.28. The van der Waals surface area contributed by atoms with Crippen LogP contribution < -0.4 is 5.32 Å². The van der Waals surface area contributed by atoms with Gasteiger partial charge in [0.25, 0.3) is 5.91 Å². The number of halogens is 2. The topological polar surface area (TPSA) is 62.6 Å². The van der Waals surface area contributed by atoms with E-state index in [1.165, 1.54) is 6.26 Å². The molecule has 0 saturated carbocycles. The number of hydrogen-bond acceptors (Lipinski definition) is 3. The van der Waals surface area contributed by atoms with Crippen LogP contribution in [-0.4, -0.2) is 29.3 Å². The lowest BCUT2D eigenvalue weighted by atomic mass is 9.93. The molecule has 0 radical (unpaired) electrons. The zero-order chi connectivity index (χ0) is 21.1. The van der Waals surface area contributed by atoms with Crippen LogP contribution in [0.15, 0.2) is 65.3 Å². The second-order valence-corrected chi connectivity index (χ2v) is 8.02. The van der Waals surface area contributed by atoms with Gasteiger partial charge in [-0.15, -0.1) is 0 Å². The van der Waals surface area contributed by atoms with Crippen molar-refractivity contribution in [3.05, 3.63) is 93.4 Å². The van der Waals surface area contributed by atoms with Gasteiger partial charge in [0.2, 0.25) is 5.91 Å². The van der Waals surface area contributed by atoms with Crippen LogP contribution in [0.3, 0.4) is 0 Å². The van der Waals surface area contributed by atoms with E-state index in [0.29, 0.717) is 36.0 Å². The number of rotatable bonds is 5. The summed E-state index contributed by atoms with van der Waals surface area (Å²) < 4.78 is 5.28. The van der Waals surface area contributed by atoms with E-state index in [4.69, 9.17) is 27.6 Å². The second-order valence-electron chi connectivity index (χ2n) is 7.18. The van der Waals surface area contributed by atoms with E-state index in [2.05, 4.69) is 5.32 Å². The summed E-state index contributed by atoms with van der Waals surface area (Å²) in [7, 11) is 0. The van der Waals surface area contributed by atoms with Crippen LogP contribution in [0.4, 0.5) is 0 Å². The first kappa shape index (κ1) is 20.5. The number of nitrogens with one attached hydrogen (secondary N) is 1. The molecule has 1 aliphatic rings. The predicted molar refractivity (Wildman–Crippen MR) is 116 cm³/mol. The van der Waals surface area contributed by atoms with E-state index in [1.54, 1.807) is 29.2 Å². The van der Waals surface area contributed by atoms with Crippen LogP contribution in [0, 0.1) is 0 Å². The monoisotopic (exact) mass is 442 g/mol. The quantitative estimate of drug-likeness (QED) is 0.631. The largest absolute Gasteiger partial charge is 0.459 e. The van der Waals surface area contributed by atoms with Crippen molar-refractivity contribution in [1.29, 1.82) is 0 Å². The number of benzene rings is 2. The summed E-state index contributed by atoms with van der Waals surface area (Å²) in [5.74, 6) is -0.273. The Morgan fingerprint density at radius 1 is 1.07 bits per heavy atom. The third-order valence-corrected chi connectivity index (χ3v) is 5.84. The van der Waals surface area contributed by atoms with Crippen LogP contribution >= 0.6 is 23.2 Å². The van der Waals surface area contributed by atoms with Crippen molar-refractivity contribution < 1.29 is 14.0 Å². The zero-order valence-electron chi connectivity index (χ0n) is 16.1. The highest BCUT2D eigenvalue weighted by Gasteiger charge is 2.35. The molecule has 1 aliphatic heterocycles. The maximum atomic E-state index is 13.0. The minimum absolute atomic E-state index is 0.200. The molecule has 0 spiro atoms. The molecule has 0 fully saturated rings. The van der Waals surface area contributed by atoms with Gasteiger partial charge in [-0.25, -0.2) is 0 Å². The maximum absolute atomic E-state index is 13.0. The number of amides is 2. The number of furan rings is 1. The van der Waals surface area contributed by atoms with Gasteiger partial charge >= 0.3 is 0 Å². The lowest BCUT2D eigenvalue weighted by Gasteiger charge is -2.35. The molecule has 5 nitrogen and oxygen atoms in total. The molecule has 1 atom stereocenters. The smallest absolute Gasteiger partial charge is 0.290 e. The first-order valence-corrected chi connectivity index (χ1v) is 10.4. The predicted octanol–water partition coefficient (Wildman–Crippen LogP) is 4.51. The summed E-state index contributed by atoms with van der Waals surface area (Å²) in [6, 6.07) is 15.8. The Hall–Kier alpha value is -2.76. The van der Waals surface area contributed by atoms with E-state index in [9.17, 15) is 9.59 Å². The minimum Gasteiger partial charge on any atom is -0.459 e. The van der Waals surface area contributed by atoms with E-state index in [0.717, 1.165) is 16.7 Å². The Labute approximate surface area is 184 Å². The van der Waals surface area contributed by atoms with Gasteiger partial charge in [0.05, 0.1) is 6.26 Å². The summed E-state index contributed by atoms with van der Waals surface area (Å²) in [5.41, 5.74) is 3.01.